The van der Waals surface area contributed by atoms with Crippen molar-refractivity contribution < 1.29 is 9.47 Å². The molecule has 138 valence electrons. The summed E-state index contributed by atoms with van der Waals surface area (Å²) in [6, 6.07) is 11.8. The number of hydrogen-bond acceptors (Lipinski definition) is 4. The highest BCUT2D eigenvalue weighted by molar-refractivity contribution is 9.10. The van der Waals surface area contributed by atoms with Gasteiger partial charge in [-0.3, -0.25) is 5.43 Å². The Morgan fingerprint density at radius 1 is 1.19 bits per heavy atom. The van der Waals surface area contributed by atoms with E-state index in [1.165, 1.54) is 0 Å². The van der Waals surface area contributed by atoms with Crippen LogP contribution in [0.5, 0.6) is 11.5 Å². The summed E-state index contributed by atoms with van der Waals surface area (Å²) >= 11 is 12.0. The minimum absolute atomic E-state index is 0.442. The lowest BCUT2D eigenvalue weighted by Gasteiger charge is -2.14. The van der Waals surface area contributed by atoms with Gasteiger partial charge < -0.3 is 14.8 Å². The summed E-state index contributed by atoms with van der Waals surface area (Å²) < 4.78 is 13.5. The van der Waals surface area contributed by atoms with Crippen LogP contribution in [0.3, 0.4) is 0 Å². The van der Waals surface area contributed by atoms with E-state index in [2.05, 4.69) is 47.7 Å². The number of hydrazone groups is 1. The van der Waals surface area contributed by atoms with Crippen LogP contribution >= 0.6 is 44.1 Å². The molecular weight excluding hydrogens is 482 g/mol. The fraction of sp³-hybridized carbons (Fsp3) is 0.222. The van der Waals surface area contributed by atoms with Gasteiger partial charge in [0.1, 0.15) is 6.61 Å². The van der Waals surface area contributed by atoms with E-state index in [0.717, 1.165) is 20.1 Å². The van der Waals surface area contributed by atoms with Crippen LogP contribution in [0.15, 0.2) is 50.4 Å². The maximum Gasteiger partial charge on any atom is 0.186 e. The van der Waals surface area contributed by atoms with E-state index in [0.29, 0.717) is 29.8 Å². The minimum atomic E-state index is 0.442. The average molecular weight is 501 g/mol. The van der Waals surface area contributed by atoms with Crippen LogP contribution in [0.25, 0.3) is 0 Å². The smallest absolute Gasteiger partial charge is 0.186 e. The quantitative estimate of drug-likeness (QED) is 0.330. The van der Waals surface area contributed by atoms with E-state index in [1.807, 2.05) is 43.3 Å². The van der Waals surface area contributed by atoms with E-state index >= 15 is 0 Å². The molecule has 0 aliphatic rings. The Balaban J connectivity index is 2.16. The summed E-state index contributed by atoms with van der Waals surface area (Å²) in [6.45, 7) is 2.90. The zero-order valence-electron chi connectivity index (χ0n) is 14.4. The van der Waals surface area contributed by atoms with Gasteiger partial charge in [-0.15, -0.1) is 0 Å². The first-order valence-corrected chi connectivity index (χ1v) is 9.87. The molecule has 0 aliphatic carbocycles. The van der Waals surface area contributed by atoms with Crippen LogP contribution in [0.2, 0.25) is 0 Å². The highest BCUT2D eigenvalue weighted by Gasteiger charge is 2.12. The molecule has 2 aromatic carbocycles. The highest BCUT2D eigenvalue weighted by Crippen LogP contribution is 2.37. The van der Waals surface area contributed by atoms with Crippen molar-refractivity contribution in [1.82, 2.24) is 10.7 Å². The monoisotopic (exact) mass is 499 g/mol. The van der Waals surface area contributed by atoms with Crippen LogP contribution in [0, 0.1) is 0 Å². The molecule has 0 amide bonds. The number of hydrogen-bond donors (Lipinski definition) is 2. The normalized spacial score (nSPS) is 10.6. The Kier molecular flexibility index (Phi) is 8.34. The van der Waals surface area contributed by atoms with E-state index < -0.39 is 0 Å². The highest BCUT2D eigenvalue weighted by atomic mass is 79.9. The van der Waals surface area contributed by atoms with Crippen LogP contribution < -0.4 is 20.2 Å². The summed E-state index contributed by atoms with van der Waals surface area (Å²) in [6.07, 6.45) is 1.66. The van der Waals surface area contributed by atoms with Crippen molar-refractivity contribution in [3.63, 3.8) is 0 Å². The molecule has 0 atom stereocenters. The van der Waals surface area contributed by atoms with Crippen molar-refractivity contribution in [2.24, 2.45) is 5.10 Å². The van der Waals surface area contributed by atoms with Crippen LogP contribution in [-0.2, 0) is 6.61 Å². The van der Waals surface area contributed by atoms with Gasteiger partial charge in [-0.2, -0.15) is 5.10 Å². The lowest BCUT2D eigenvalue weighted by atomic mass is 10.2. The molecule has 2 aromatic rings. The molecule has 0 saturated heterocycles. The molecule has 0 saturated carbocycles. The number of nitrogens with one attached hydrogen (secondary N) is 2. The van der Waals surface area contributed by atoms with Crippen LogP contribution in [-0.4, -0.2) is 25.0 Å². The summed E-state index contributed by atoms with van der Waals surface area (Å²) in [5.74, 6) is 1.31. The van der Waals surface area contributed by atoms with Crippen molar-refractivity contribution in [3.8, 4) is 11.5 Å². The first kappa shape index (κ1) is 20.7. The standard InChI is InChI=1S/C18H19Br2N3O2S/c1-3-24-16-9-13(10-22-23-18(26)21-2)8-15(20)17(16)25-11-12-4-6-14(19)7-5-12/h4-10H,3,11H2,1-2H3,(H2,21,23,26). The second-order valence-corrected chi connectivity index (χ2v) is 7.31. The molecule has 0 unspecified atom stereocenters. The van der Waals surface area contributed by atoms with Gasteiger partial charge in [-0.05, 0) is 70.5 Å². The molecule has 0 radical (unpaired) electrons. The maximum absolute atomic E-state index is 5.98. The first-order valence-electron chi connectivity index (χ1n) is 7.87. The van der Waals surface area contributed by atoms with E-state index in [-0.39, 0.29) is 0 Å². The second kappa shape index (κ2) is 10.5. The third-order valence-corrected chi connectivity index (χ3v) is 4.65. The predicted molar refractivity (Wildman–Crippen MR) is 116 cm³/mol. The minimum Gasteiger partial charge on any atom is -0.490 e. The lowest BCUT2D eigenvalue weighted by molar-refractivity contribution is 0.267. The van der Waals surface area contributed by atoms with Crippen molar-refractivity contribution in [3.05, 3.63) is 56.5 Å². The number of nitrogens with zero attached hydrogens (tertiary/aromatic N) is 1. The Morgan fingerprint density at radius 2 is 1.92 bits per heavy atom. The predicted octanol–water partition coefficient (Wildman–Crippen LogP) is 4.62. The number of rotatable bonds is 7. The zero-order chi connectivity index (χ0) is 18.9. The van der Waals surface area contributed by atoms with Gasteiger partial charge in [0.05, 0.1) is 17.3 Å². The fourth-order valence-electron chi connectivity index (χ4n) is 2.02. The number of benzene rings is 2. The molecule has 0 spiro atoms. The van der Waals surface area contributed by atoms with Gasteiger partial charge in [0.2, 0.25) is 0 Å². The van der Waals surface area contributed by atoms with E-state index in [4.69, 9.17) is 21.7 Å². The van der Waals surface area contributed by atoms with Gasteiger partial charge in [0.25, 0.3) is 0 Å². The molecule has 2 N–H and O–H groups in total. The SMILES string of the molecule is CCOc1cc(C=NNC(=S)NC)cc(Br)c1OCc1ccc(Br)cc1. The lowest BCUT2D eigenvalue weighted by Crippen LogP contribution is -2.28. The van der Waals surface area contributed by atoms with Crippen molar-refractivity contribution in [1.29, 1.82) is 0 Å². The number of halogens is 2. The third kappa shape index (κ3) is 6.26. The Morgan fingerprint density at radius 3 is 2.58 bits per heavy atom. The van der Waals surface area contributed by atoms with Gasteiger partial charge in [-0.1, -0.05) is 28.1 Å². The van der Waals surface area contributed by atoms with E-state index in [9.17, 15) is 0 Å². The molecule has 0 aromatic heterocycles. The largest absolute Gasteiger partial charge is 0.490 e. The molecule has 26 heavy (non-hydrogen) atoms. The maximum atomic E-state index is 5.98. The molecular formula is C18H19Br2N3O2S. The first-order chi connectivity index (χ1) is 12.5. The molecule has 0 bridgehead atoms. The van der Waals surface area contributed by atoms with Crippen molar-refractivity contribution in [2.75, 3.05) is 13.7 Å². The Labute approximate surface area is 175 Å². The van der Waals surface area contributed by atoms with Crippen LogP contribution in [0.4, 0.5) is 0 Å². The van der Waals surface area contributed by atoms with Crippen molar-refractivity contribution in [2.45, 2.75) is 13.5 Å². The zero-order valence-corrected chi connectivity index (χ0v) is 18.4. The molecule has 0 aliphatic heterocycles. The van der Waals surface area contributed by atoms with Crippen LogP contribution in [0.1, 0.15) is 18.1 Å². The Hall–Kier alpha value is -1.64. The van der Waals surface area contributed by atoms with Gasteiger partial charge >= 0.3 is 0 Å². The molecule has 0 heterocycles. The summed E-state index contributed by atoms with van der Waals surface area (Å²) in [4.78, 5) is 0. The van der Waals surface area contributed by atoms with Crippen molar-refractivity contribution >= 4 is 55.4 Å². The molecule has 8 heteroatoms. The molecule has 2 rings (SSSR count). The van der Waals surface area contributed by atoms with Gasteiger partial charge in [0.15, 0.2) is 16.6 Å². The van der Waals surface area contributed by atoms with E-state index in [1.54, 1.807) is 13.3 Å². The fourth-order valence-corrected chi connectivity index (χ4v) is 2.91. The van der Waals surface area contributed by atoms with Gasteiger partial charge in [0, 0.05) is 11.5 Å². The Bertz CT molecular complexity index is 783. The summed E-state index contributed by atoms with van der Waals surface area (Å²) in [5, 5.41) is 7.32. The molecule has 5 nitrogen and oxygen atoms in total. The summed E-state index contributed by atoms with van der Waals surface area (Å²) in [5.41, 5.74) is 4.63. The average Bonchev–Trinajstić information content (AvgIpc) is 2.62. The third-order valence-electron chi connectivity index (χ3n) is 3.23. The topological polar surface area (TPSA) is 54.9 Å². The summed E-state index contributed by atoms with van der Waals surface area (Å²) in [7, 11) is 1.73. The number of ether oxygens (including phenoxy) is 2. The second-order valence-electron chi connectivity index (χ2n) is 5.13. The molecule has 0 fully saturated rings. The number of thiocarbonyl (C=S) groups is 1. The van der Waals surface area contributed by atoms with Gasteiger partial charge in [-0.25, -0.2) is 0 Å².